The number of carbonyl (C=O) groups is 2. The molecule has 0 aromatic carbocycles. The van der Waals surface area contributed by atoms with Crippen LogP contribution in [0.3, 0.4) is 0 Å². The quantitative estimate of drug-likeness (QED) is 0.765. The van der Waals surface area contributed by atoms with Crippen molar-refractivity contribution in [3.8, 4) is 0 Å². The summed E-state index contributed by atoms with van der Waals surface area (Å²) in [7, 11) is 1.46. The fourth-order valence-electron chi connectivity index (χ4n) is 2.20. The Kier molecular flexibility index (Phi) is 5.10. The largest absolute Gasteiger partial charge is 0.465 e. The SMILES string of the molecule is CCC(O)CC(=O)C1(OC)CCN(C(=O)O)CC1. The van der Waals surface area contributed by atoms with Crippen molar-refractivity contribution in [3.63, 3.8) is 0 Å². The third-order valence-electron chi connectivity index (χ3n) is 3.63. The standard InChI is InChI=1S/C12H21NO5/c1-3-9(14)8-10(15)12(18-2)4-6-13(7-5-12)11(16)17/h9,14H,3-8H2,1-2H3,(H,16,17). The number of aliphatic hydroxyl groups is 1. The molecule has 1 aliphatic rings. The maximum atomic E-state index is 12.1. The van der Waals surface area contributed by atoms with Gasteiger partial charge in [-0.2, -0.15) is 0 Å². The summed E-state index contributed by atoms with van der Waals surface area (Å²) in [5.74, 6) is -0.135. The minimum absolute atomic E-state index is 0.0669. The first-order valence-electron chi connectivity index (χ1n) is 6.19. The normalized spacial score (nSPS) is 20.5. The van der Waals surface area contributed by atoms with Crippen molar-refractivity contribution in [1.29, 1.82) is 0 Å². The van der Waals surface area contributed by atoms with E-state index >= 15 is 0 Å². The number of likely N-dealkylation sites (tertiary alicyclic amines) is 1. The van der Waals surface area contributed by atoms with E-state index in [4.69, 9.17) is 9.84 Å². The Morgan fingerprint density at radius 1 is 1.39 bits per heavy atom. The summed E-state index contributed by atoms with van der Waals surface area (Å²) in [6, 6.07) is 0. The molecule has 1 heterocycles. The number of rotatable bonds is 5. The molecule has 104 valence electrons. The number of nitrogens with zero attached hydrogens (tertiary/aromatic N) is 1. The van der Waals surface area contributed by atoms with Crippen molar-refractivity contribution in [1.82, 2.24) is 4.90 Å². The van der Waals surface area contributed by atoms with E-state index in [0.29, 0.717) is 19.3 Å². The molecule has 6 nitrogen and oxygen atoms in total. The number of piperidine rings is 1. The summed E-state index contributed by atoms with van der Waals surface area (Å²) >= 11 is 0. The summed E-state index contributed by atoms with van der Waals surface area (Å²) in [5.41, 5.74) is -0.928. The minimum atomic E-state index is -0.972. The molecule has 1 atom stereocenters. The Morgan fingerprint density at radius 2 is 1.94 bits per heavy atom. The van der Waals surface area contributed by atoms with Crippen molar-refractivity contribution in [2.45, 2.75) is 44.3 Å². The van der Waals surface area contributed by atoms with Gasteiger partial charge >= 0.3 is 6.09 Å². The lowest BCUT2D eigenvalue weighted by atomic mass is 9.84. The Bertz CT molecular complexity index is 310. The van der Waals surface area contributed by atoms with Gasteiger partial charge < -0.3 is 19.8 Å². The first kappa shape index (κ1) is 14.9. The highest BCUT2D eigenvalue weighted by atomic mass is 16.5. The molecule has 1 saturated heterocycles. The smallest absolute Gasteiger partial charge is 0.407 e. The molecule has 1 rings (SSSR count). The van der Waals surface area contributed by atoms with Crippen molar-refractivity contribution in [3.05, 3.63) is 0 Å². The lowest BCUT2D eigenvalue weighted by Crippen LogP contribution is -2.52. The Labute approximate surface area is 107 Å². The number of amides is 1. The Hall–Kier alpha value is -1.14. The van der Waals surface area contributed by atoms with E-state index in [1.165, 1.54) is 12.0 Å². The topological polar surface area (TPSA) is 87.1 Å². The van der Waals surface area contributed by atoms with Crippen LogP contribution in [-0.4, -0.2) is 58.9 Å². The number of carboxylic acid groups (broad SMARTS) is 1. The second-order valence-corrected chi connectivity index (χ2v) is 4.66. The van der Waals surface area contributed by atoms with Crippen LogP contribution >= 0.6 is 0 Å². The van der Waals surface area contributed by atoms with Crippen molar-refractivity contribution in [2.75, 3.05) is 20.2 Å². The molecule has 0 aromatic heterocycles. The number of methoxy groups -OCH3 is 1. The molecule has 1 fully saturated rings. The van der Waals surface area contributed by atoms with E-state index in [0.717, 1.165) is 0 Å². The van der Waals surface area contributed by atoms with Crippen LogP contribution in [-0.2, 0) is 9.53 Å². The number of ether oxygens (including phenoxy) is 1. The molecule has 0 aromatic rings. The Morgan fingerprint density at radius 3 is 2.33 bits per heavy atom. The molecule has 0 radical (unpaired) electrons. The number of hydrogen-bond donors (Lipinski definition) is 2. The molecule has 0 spiro atoms. The maximum Gasteiger partial charge on any atom is 0.407 e. The summed E-state index contributed by atoms with van der Waals surface area (Å²) in [4.78, 5) is 24.2. The van der Waals surface area contributed by atoms with Crippen molar-refractivity contribution in [2.24, 2.45) is 0 Å². The van der Waals surface area contributed by atoms with Gasteiger partial charge in [-0.15, -0.1) is 0 Å². The van der Waals surface area contributed by atoms with Gasteiger partial charge in [-0.3, -0.25) is 4.79 Å². The second kappa shape index (κ2) is 6.15. The van der Waals surface area contributed by atoms with E-state index in [9.17, 15) is 14.7 Å². The van der Waals surface area contributed by atoms with Crippen molar-refractivity contribution < 1.29 is 24.5 Å². The highest BCUT2D eigenvalue weighted by molar-refractivity contribution is 5.88. The first-order chi connectivity index (χ1) is 8.45. The van der Waals surface area contributed by atoms with Gasteiger partial charge in [0.05, 0.1) is 6.10 Å². The van der Waals surface area contributed by atoms with Gasteiger partial charge in [0.2, 0.25) is 0 Å². The lowest BCUT2D eigenvalue weighted by Gasteiger charge is -2.38. The van der Waals surface area contributed by atoms with Gasteiger partial charge in [-0.05, 0) is 6.42 Å². The molecule has 1 aliphatic heterocycles. The fraction of sp³-hybridized carbons (Fsp3) is 0.833. The molecule has 0 bridgehead atoms. The molecule has 1 unspecified atom stereocenters. The second-order valence-electron chi connectivity index (χ2n) is 4.66. The molecule has 18 heavy (non-hydrogen) atoms. The number of ketones is 1. The van der Waals surface area contributed by atoms with Crippen LogP contribution < -0.4 is 0 Å². The van der Waals surface area contributed by atoms with Crippen LogP contribution in [0.5, 0.6) is 0 Å². The molecule has 1 amide bonds. The third-order valence-corrected chi connectivity index (χ3v) is 3.63. The number of carbonyl (C=O) groups excluding carboxylic acids is 1. The predicted molar refractivity (Wildman–Crippen MR) is 64.5 cm³/mol. The highest BCUT2D eigenvalue weighted by Crippen LogP contribution is 2.28. The zero-order valence-electron chi connectivity index (χ0n) is 10.9. The summed E-state index contributed by atoms with van der Waals surface area (Å²) in [5, 5.41) is 18.4. The van der Waals surface area contributed by atoms with Crippen LogP contribution in [0.15, 0.2) is 0 Å². The number of hydrogen-bond acceptors (Lipinski definition) is 4. The number of Topliss-reactive ketones (excluding diaryl/α,β-unsaturated/α-hetero) is 1. The van der Waals surface area contributed by atoms with E-state index in [1.54, 1.807) is 0 Å². The molecule has 0 aliphatic carbocycles. The van der Waals surface area contributed by atoms with E-state index in [2.05, 4.69) is 0 Å². The predicted octanol–water partition coefficient (Wildman–Crippen LogP) is 0.875. The van der Waals surface area contributed by atoms with E-state index in [-0.39, 0.29) is 25.3 Å². The van der Waals surface area contributed by atoms with Gasteiger partial charge in [-0.25, -0.2) is 4.79 Å². The fourth-order valence-corrected chi connectivity index (χ4v) is 2.20. The third kappa shape index (κ3) is 3.20. The molecular formula is C12H21NO5. The average Bonchev–Trinajstić information content (AvgIpc) is 2.38. The van der Waals surface area contributed by atoms with E-state index in [1.807, 2.05) is 6.92 Å². The van der Waals surface area contributed by atoms with Gasteiger partial charge in [0, 0.05) is 39.5 Å². The number of aliphatic hydroxyl groups excluding tert-OH is 1. The van der Waals surface area contributed by atoms with Gasteiger partial charge in [0.1, 0.15) is 5.60 Å². The Balaban J connectivity index is 2.65. The first-order valence-corrected chi connectivity index (χ1v) is 6.19. The lowest BCUT2D eigenvalue weighted by molar-refractivity contribution is -0.148. The van der Waals surface area contributed by atoms with Crippen LogP contribution in [0.4, 0.5) is 4.79 Å². The van der Waals surface area contributed by atoms with Gasteiger partial charge in [0.25, 0.3) is 0 Å². The monoisotopic (exact) mass is 259 g/mol. The van der Waals surface area contributed by atoms with Crippen LogP contribution in [0.25, 0.3) is 0 Å². The molecule has 2 N–H and O–H groups in total. The molecule has 6 heteroatoms. The molecular weight excluding hydrogens is 238 g/mol. The summed E-state index contributed by atoms with van der Waals surface area (Å²) in [6.07, 6.45) is -0.330. The van der Waals surface area contributed by atoms with Crippen LogP contribution in [0.2, 0.25) is 0 Å². The highest BCUT2D eigenvalue weighted by Gasteiger charge is 2.42. The zero-order valence-corrected chi connectivity index (χ0v) is 10.9. The van der Waals surface area contributed by atoms with Crippen LogP contribution in [0.1, 0.15) is 32.6 Å². The van der Waals surface area contributed by atoms with Gasteiger partial charge in [0.15, 0.2) is 5.78 Å². The minimum Gasteiger partial charge on any atom is -0.465 e. The summed E-state index contributed by atoms with van der Waals surface area (Å²) in [6.45, 7) is 2.39. The van der Waals surface area contributed by atoms with Crippen LogP contribution in [0, 0.1) is 0 Å². The van der Waals surface area contributed by atoms with Gasteiger partial charge in [-0.1, -0.05) is 6.92 Å². The zero-order chi connectivity index (χ0) is 13.8. The summed E-state index contributed by atoms with van der Waals surface area (Å²) < 4.78 is 5.33. The van der Waals surface area contributed by atoms with Crippen molar-refractivity contribution >= 4 is 11.9 Å². The maximum absolute atomic E-state index is 12.1. The average molecular weight is 259 g/mol. The van der Waals surface area contributed by atoms with E-state index < -0.39 is 17.8 Å². The molecule has 0 saturated carbocycles.